The van der Waals surface area contributed by atoms with Crippen molar-refractivity contribution in [1.82, 2.24) is 5.32 Å². The van der Waals surface area contributed by atoms with Gasteiger partial charge in [-0.05, 0) is 36.4 Å². The van der Waals surface area contributed by atoms with Crippen LogP contribution in [0, 0.1) is 5.92 Å². The van der Waals surface area contributed by atoms with Gasteiger partial charge in [-0.1, -0.05) is 45.0 Å². The second-order valence-corrected chi connectivity index (χ2v) is 5.45. The molecule has 0 radical (unpaired) electrons. The van der Waals surface area contributed by atoms with Crippen LogP contribution in [0.1, 0.15) is 50.7 Å². The number of hydrogen-bond donors (Lipinski definition) is 2. The van der Waals surface area contributed by atoms with Gasteiger partial charge in [0.2, 0.25) is 5.91 Å². The standard InChI is InChI=1S/C16H26N2O/c1-12(2)15-8-6-14(7-9-15)11-18-16(19)13(3)5-4-10-17/h6-9,12-13H,4-5,10-11,17H2,1-3H3,(H,18,19). The van der Waals surface area contributed by atoms with Gasteiger partial charge in [0.1, 0.15) is 0 Å². The fourth-order valence-electron chi connectivity index (χ4n) is 1.94. The van der Waals surface area contributed by atoms with Crippen LogP contribution in [0.2, 0.25) is 0 Å². The monoisotopic (exact) mass is 262 g/mol. The van der Waals surface area contributed by atoms with Gasteiger partial charge in [0.15, 0.2) is 0 Å². The van der Waals surface area contributed by atoms with Gasteiger partial charge < -0.3 is 11.1 Å². The van der Waals surface area contributed by atoms with Gasteiger partial charge in [-0.15, -0.1) is 0 Å². The molecule has 0 bridgehead atoms. The van der Waals surface area contributed by atoms with Crippen molar-refractivity contribution < 1.29 is 4.79 Å². The molecular weight excluding hydrogens is 236 g/mol. The van der Waals surface area contributed by atoms with E-state index >= 15 is 0 Å². The Kier molecular flexibility index (Phi) is 6.57. The summed E-state index contributed by atoms with van der Waals surface area (Å²) in [4.78, 5) is 11.8. The smallest absolute Gasteiger partial charge is 0.223 e. The van der Waals surface area contributed by atoms with E-state index in [1.165, 1.54) is 5.56 Å². The fourth-order valence-corrected chi connectivity index (χ4v) is 1.94. The third-order valence-corrected chi connectivity index (χ3v) is 3.40. The Hall–Kier alpha value is -1.35. The van der Waals surface area contributed by atoms with Gasteiger partial charge in [0.25, 0.3) is 0 Å². The summed E-state index contributed by atoms with van der Waals surface area (Å²) in [6.45, 7) is 7.55. The van der Waals surface area contributed by atoms with Crippen LogP contribution < -0.4 is 11.1 Å². The minimum Gasteiger partial charge on any atom is -0.352 e. The zero-order chi connectivity index (χ0) is 14.3. The molecule has 0 saturated carbocycles. The Labute approximate surface area is 116 Å². The molecule has 0 aromatic heterocycles. The second-order valence-electron chi connectivity index (χ2n) is 5.45. The molecule has 0 saturated heterocycles. The highest BCUT2D eigenvalue weighted by Crippen LogP contribution is 2.14. The number of carbonyl (C=O) groups is 1. The van der Waals surface area contributed by atoms with Crippen LogP contribution in [0.15, 0.2) is 24.3 Å². The highest BCUT2D eigenvalue weighted by atomic mass is 16.1. The third kappa shape index (κ3) is 5.43. The van der Waals surface area contributed by atoms with E-state index in [2.05, 4.69) is 43.4 Å². The summed E-state index contributed by atoms with van der Waals surface area (Å²) in [5.41, 5.74) is 7.92. The summed E-state index contributed by atoms with van der Waals surface area (Å²) in [5, 5.41) is 2.98. The van der Waals surface area contributed by atoms with Crippen molar-refractivity contribution in [3.8, 4) is 0 Å². The molecule has 3 heteroatoms. The average molecular weight is 262 g/mol. The van der Waals surface area contributed by atoms with Gasteiger partial charge >= 0.3 is 0 Å². The highest BCUT2D eigenvalue weighted by molar-refractivity contribution is 5.78. The van der Waals surface area contributed by atoms with Crippen molar-refractivity contribution in [3.63, 3.8) is 0 Å². The predicted molar refractivity (Wildman–Crippen MR) is 79.8 cm³/mol. The molecule has 1 unspecified atom stereocenters. The molecule has 1 aromatic carbocycles. The van der Waals surface area contributed by atoms with E-state index in [4.69, 9.17) is 5.73 Å². The minimum atomic E-state index is 0.0403. The number of carbonyl (C=O) groups excluding carboxylic acids is 1. The van der Waals surface area contributed by atoms with E-state index in [9.17, 15) is 4.79 Å². The lowest BCUT2D eigenvalue weighted by Gasteiger charge is -2.12. The van der Waals surface area contributed by atoms with Crippen molar-refractivity contribution in [2.75, 3.05) is 6.54 Å². The van der Waals surface area contributed by atoms with Crippen LogP contribution in [0.25, 0.3) is 0 Å². The van der Waals surface area contributed by atoms with Crippen LogP contribution in [0.4, 0.5) is 0 Å². The Balaban J connectivity index is 2.41. The third-order valence-electron chi connectivity index (χ3n) is 3.40. The Morgan fingerprint density at radius 2 is 1.84 bits per heavy atom. The number of nitrogens with one attached hydrogen (secondary N) is 1. The summed E-state index contributed by atoms with van der Waals surface area (Å²) >= 11 is 0. The van der Waals surface area contributed by atoms with E-state index in [1.807, 2.05) is 6.92 Å². The second kappa shape index (κ2) is 7.95. The topological polar surface area (TPSA) is 55.1 Å². The molecule has 1 rings (SSSR count). The van der Waals surface area contributed by atoms with E-state index in [0.717, 1.165) is 18.4 Å². The van der Waals surface area contributed by atoms with E-state index in [0.29, 0.717) is 19.0 Å². The first kappa shape index (κ1) is 15.7. The van der Waals surface area contributed by atoms with Crippen molar-refractivity contribution in [1.29, 1.82) is 0 Å². The molecule has 0 spiro atoms. The zero-order valence-electron chi connectivity index (χ0n) is 12.3. The molecule has 19 heavy (non-hydrogen) atoms. The van der Waals surface area contributed by atoms with Gasteiger partial charge in [-0.25, -0.2) is 0 Å². The Morgan fingerprint density at radius 1 is 1.21 bits per heavy atom. The number of hydrogen-bond acceptors (Lipinski definition) is 2. The lowest BCUT2D eigenvalue weighted by Crippen LogP contribution is -2.29. The molecule has 0 aliphatic heterocycles. The van der Waals surface area contributed by atoms with Crippen LogP contribution in [-0.4, -0.2) is 12.5 Å². The quantitative estimate of drug-likeness (QED) is 0.794. The van der Waals surface area contributed by atoms with Crippen molar-refractivity contribution in [3.05, 3.63) is 35.4 Å². The molecule has 1 amide bonds. The summed E-state index contributed by atoms with van der Waals surface area (Å²) in [7, 11) is 0. The number of nitrogens with two attached hydrogens (primary N) is 1. The molecule has 0 fully saturated rings. The highest BCUT2D eigenvalue weighted by Gasteiger charge is 2.11. The summed E-state index contributed by atoms with van der Waals surface area (Å²) in [6, 6.07) is 8.42. The SMILES string of the molecule is CC(CCCN)C(=O)NCc1ccc(C(C)C)cc1. The number of rotatable bonds is 7. The molecule has 3 N–H and O–H groups in total. The Bertz CT molecular complexity index is 384. The molecule has 1 aromatic rings. The summed E-state index contributed by atoms with van der Waals surface area (Å²) in [6.07, 6.45) is 1.76. The zero-order valence-corrected chi connectivity index (χ0v) is 12.3. The van der Waals surface area contributed by atoms with Crippen LogP contribution in [0.5, 0.6) is 0 Å². The van der Waals surface area contributed by atoms with E-state index < -0.39 is 0 Å². The molecule has 0 aliphatic carbocycles. The minimum absolute atomic E-state index is 0.0403. The predicted octanol–water partition coefficient (Wildman–Crippen LogP) is 2.80. The average Bonchev–Trinajstić information content (AvgIpc) is 2.42. The maximum absolute atomic E-state index is 11.8. The van der Waals surface area contributed by atoms with Crippen LogP contribution in [0.3, 0.4) is 0 Å². The maximum Gasteiger partial charge on any atom is 0.223 e. The lowest BCUT2D eigenvalue weighted by atomic mass is 10.0. The molecular formula is C16H26N2O. The number of benzene rings is 1. The van der Waals surface area contributed by atoms with Crippen molar-refractivity contribution in [2.24, 2.45) is 11.7 Å². The molecule has 3 nitrogen and oxygen atoms in total. The molecule has 106 valence electrons. The maximum atomic E-state index is 11.8. The fraction of sp³-hybridized carbons (Fsp3) is 0.562. The Morgan fingerprint density at radius 3 is 2.37 bits per heavy atom. The first-order chi connectivity index (χ1) is 9.04. The summed E-state index contributed by atoms with van der Waals surface area (Å²) < 4.78 is 0. The number of amides is 1. The first-order valence-corrected chi connectivity index (χ1v) is 7.11. The van der Waals surface area contributed by atoms with E-state index in [1.54, 1.807) is 0 Å². The van der Waals surface area contributed by atoms with Gasteiger partial charge in [-0.3, -0.25) is 4.79 Å². The van der Waals surface area contributed by atoms with Crippen LogP contribution in [-0.2, 0) is 11.3 Å². The molecule has 0 heterocycles. The largest absolute Gasteiger partial charge is 0.352 e. The van der Waals surface area contributed by atoms with Crippen LogP contribution >= 0.6 is 0 Å². The molecule has 1 atom stereocenters. The normalized spacial score (nSPS) is 12.5. The van der Waals surface area contributed by atoms with E-state index in [-0.39, 0.29) is 11.8 Å². The van der Waals surface area contributed by atoms with Gasteiger partial charge in [-0.2, -0.15) is 0 Å². The van der Waals surface area contributed by atoms with Gasteiger partial charge in [0.05, 0.1) is 0 Å². The molecule has 0 aliphatic rings. The summed E-state index contributed by atoms with van der Waals surface area (Å²) in [5.74, 6) is 0.694. The van der Waals surface area contributed by atoms with Gasteiger partial charge in [0, 0.05) is 12.5 Å². The van der Waals surface area contributed by atoms with Crippen molar-refractivity contribution >= 4 is 5.91 Å². The first-order valence-electron chi connectivity index (χ1n) is 7.11. The van der Waals surface area contributed by atoms with Crippen molar-refractivity contribution in [2.45, 2.75) is 46.1 Å². The lowest BCUT2D eigenvalue weighted by molar-refractivity contribution is -0.124.